The van der Waals surface area contributed by atoms with E-state index in [2.05, 4.69) is 0 Å². The van der Waals surface area contributed by atoms with Gasteiger partial charge in [-0.2, -0.15) is 0 Å². The number of Topliss-reactive ketones (excluding diaryl/α,β-unsaturated/α-hetero) is 1. The van der Waals surface area contributed by atoms with Crippen molar-refractivity contribution in [1.29, 1.82) is 0 Å². The number of halogens is 2. The second-order valence-electron chi connectivity index (χ2n) is 4.07. The molecule has 0 aliphatic heterocycles. The monoisotopic (exact) mass is 190 g/mol. The number of rotatable bonds is 0. The Morgan fingerprint density at radius 2 is 1.64 bits per heavy atom. The molecule has 1 nitrogen and oxygen atoms in total. The summed E-state index contributed by atoms with van der Waals surface area (Å²) in [7, 11) is 0. The van der Waals surface area contributed by atoms with Gasteiger partial charge in [-0.1, -0.05) is 23.2 Å². The highest BCUT2D eigenvalue weighted by Gasteiger charge is 2.88. The van der Waals surface area contributed by atoms with E-state index in [0.29, 0.717) is 0 Å². The summed E-state index contributed by atoms with van der Waals surface area (Å²) >= 11 is 11.9. The van der Waals surface area contributed by atoms with Crippen molar-refractivity contribution in [2.75, 3.05) is 0 Å². The molecule has 0 heterocycles. The van der Waals surface area contributed by atoms with Gasteiger partial charge in [-0.15, -0.1) is 0 Å². The summed E-state index contributed by atoms with van der Waals surface area (Å²) in [6, 6.07) is 0. The molecule has 3 aliphatic rings. The maximum atomic E-state index is 11.5. The van der Waals surface area contributed by atoms with Gasteiger partial charge in [0.05, 0.1) is 0 Å². The Bertz CT molecular complexity index is 251. The molecule has 3 saturated carbocycles. The molecule has 3 aliphatic carbocycles. The molecule has 3 heteroatoms. The summed E-state index contributed by atoms with van der Waals surface area (Å²) in [5, 5.41) is 0. The van der Waals surface area contributed by atoms with E-state index in [9.17, 15) is 4.79 Å². The van der Waals surface area contributed by atoms with Crippen molar-refractivity contribution in [2.45, 2.75) is 30.0 Å². The summed E-state index contributed by atoms with van der Waals surface area (Å²) in [6.45, 7) is 0. The van der Waals surface area contributed by atoms with Crippen molar-refractivity contribution < 1.29 is 4.79 Å². The molecule has 3 fully saturated rings. The summed E-state index contributed by atoms with van der Waals surface area (Å²) in [6.07, 6.45) is 4.19. The van der Waals surface area contributed by atoms with Crippen LogP contribution in [0.2, 0.25) is 0 Å². The fourth-order valence-electron chi connectivity index (χ4n) is 2.72. The third-order valence-electron chi connectivity index (χ3n) is 3.74. The normalized spacial score (nSPS) is 38.9. The van der Waals surface area contributed by atoms with Crippen molar-refractivity contribution in [3.63, 3.8) is 0 Å². The topological polar surface area (TPSA) is 17.1 Å². The number of hydrogen-bond donors (Lipinski definition) is 0. The average molecular weight is 191 g/mol. The van der Waals surface area contributed by atoms with Crippen LogP contribution in [0.1, 0.15) is 25.7 Å². The second kappa shape index (κ2) is 1.38. The van der Waals surface area contributed by atoms with Gasteiger partial charge in [0.2, 0.25) is 0 Å². The molecule has 3 rings (SSSR count). The van der Waals surface area contributed by atoms with Crippen LogP contribution < -0.4 is 0 Å². The van der Waals surface area contributed by atoms with Gasteiger partial charge >= 0.3 is 0 Å². The van der Waals surface area contributed by atoms with Gasteiger partial charge in [0.15, 0.2) is 10.1 Å². The van der Waals surface area contributed by atoms with Gasteiger partial charge < -0.3 is 0 Å². The van der Waals surface area contributed by atoms with Crippen LogP contribution in [-0.4, -0.2) is 10.1 Å². The highest BCUT2D eigenvalue weighted by molar-refractivity contribution is 6.62. The zero-order valence-corrected chi connectivity index (χ0v) is 7.50. The predicted molar refractivity (Wildman–Crippen MR) is 42.8 cm³/mol. The van der Waals surface area contributed by atoms with Crippen LogP contribution >= 0.6 is 23.2 Å². The molecule has 0 amide bonds. The van der Waals surface area contributed by atoms with Crippen molar-refractivity contribution in [2.24, 2.45) is 10.8 Å². The van der Waals surface area contributed by atoms with Crippen LogP contribution in [0.4, 0.5) is 0 Å². The molecule has 0 unspecified atom stereocenters. The largest absolute Gasteiger partial charge is 0.296 e. The number of carbonyl (C=O) groups is 1. The maximum Gasteiger partial charge on any atom is 0.183 e. The average Bonchev–Trinajstić information content (AvgIpc) is 2.78. The van der Waals surface area contributed by atoms with Crippen LogP contribution in [-0.2, 0) is 4.79 Å². The smallest absolute Gasteiger partial charge is 0.183 e. The Balaban J connectivity index is 2.09. The lowest BCUT2D eigenvalue weighted by atomic mass is 9.64. The molecular formula is C8H8Cl2O. The molecule has 0 N–H and O–H groups in total. The third-order valence-corrected chi connectivity index (χ3v) is 4.80. The highest BCUT2D eigenvalue weighted by atomic mass is 35.5. The van der Waals surface area contributed by atoms with Crippen LogP contribution in [0.25, 0.3) is 0 Å². The number of fused-ring (bicyclic) bond motifs is 1. The first-order chi connectivity index (χ1) is 5.07. The fourth-order valence-corrected chi connectivity index (χ4v) is 3.82. The molecule has 0 radical (unpaired) electrons. The van der Waals surface area contributed by atoms with E-state index in [1.807, 2.05) is 0 Å². The van der Waals surface area contributed by atoms with Gasteiger partial charge in [-0.25, -0.2) is 0 Å². The van der Waals surface area contributed by atoms with Gasteiger partial charge in [0.1, 0.15) is 0 Å². The first kappa shape index (κ1) is 6.73. The van der Waals surface area contributed by atoms with E-state index in [-0.39, 0.29) is 16.6 Å². The Morgan fingerprint density at radius 3 is 1.91 bits per heavy atom. The van der Waals surface area contributed by atoms with E-state index in [1.165, 1.54) is 0 Å². The fraction of sp³-hybridized carbons (Fsp3) is 0.875. The van der Waals surface area contributed by atoms with Crippen molar-refractivity contribution in [3.05, 3.63) is 0 Å². The summed E-state index contributed by atoms with van der Waals surface area (Å²) in [4.78, 5) is 11.5. The van der Waals surface area contributed by atoms with Gasteiger partial charge in [0.25, 0.3) is 0 Å². The first-order valence-electron chi connectivity index (χ1n) is 4.00. The van der Waals surface area contributed by atoms with Crippen molar-refractivity contribution in [3.8, 4) is 0 Å². The second-order valence-corrected chi connectivity index (χ2v) is 5.40. The zero-order valence-electron chi connectivity index (χ0n) is 5.99. The number of hydrogen-bond acceptors (Lipinski definition) is 1. The minimum atomic E-state index is -1.01. The summed E-state index contributed by atoms with van der Waals surface area (Å²) in [5.74, 6) is 0.103. The SMILES string of the molecule is O=C1C(Cl)(Cl)C2(CC2)C12CC2. The molecule has 2 spiro atoms. The van der Waals surface area contributed by atoms with Crippen LogP contribution in [0.3, 0.4) is 0 Å². The Hall–Kier alpha value is 0.250. The predicted octanol–water partition coefficient (Wildman–Crippen LogP) is 2.30. The van der Waals surface area contributed by atoms with Gasteiger partial charge in [-0.3, -0.25) is 4.79 Å². The highest BCUT2D eigenvalue weighted by Crippen LogP contribution is 2.85. The van der Waals surface area contributed by atoms with Crippen LogP contribution in [0.15, 0.2) is 0 Å². The number of alkyl halides is 2. The molecule has 11 heavy (non-hydrogen) atoms. The minimum absolute atomic E-state index is 0.0280. The van der Waals surface area contributed by atoms with Gasteiger partial charge in [-0.05, 0) is 25.7 Å². The molecule has 60 valence electrons. The van der Waals surface area contributed by atoms with Crippen LogP contribution in [0.5, 0.6) is 0 Å². The minimum Gasteiger partial charge on any atom is -0.296 e. The molecular weight excluding hydrogens is 183 g/mol. The molecule has 0 aromatic heterocycles. The Labute approximate surface area is 75.0 Å². The molecule has 0 atom stereocenters. The van der Waals surface area contributed by atoms with E-state index >= 15 is 0 Å². The number of carbonyl (C=O) groups excluding carboxylic acids is 1. The van der Waals surface area contributed by atoms with Crippen molar-refractivity contribution >= 4 is 29.0 Å². The molecule has 0 bridgehead atoms. The molecule has 0 aromatic carbocycles. The van der Waals surface area contributed by atoms with Gasteiger partial charge in [0, 0.05) is 10.8 Å². The maximum absolute atomic E-state index is 11.5. The van der Waals surface area contributed by atoms with E-state index < -0.39 is 4.33 Å². The standard InChI is InChI=1S/C8H8Cl2O/c9-8(10)5(11)6(1-2-6)7(8)3-4-7/h1-4H2. The lowest BCUT2D eigenvalue weighted by Gasteiger charge is -2.47. The lowest BCUT2D eigenvalue weighted by molar-refractivity contribution is -0.140. The lowest BCUT2D eigenvalue weighted by Crippen LogP contribution is -2.60. The van der Waals surface area contributed by atoms with E-state index in [1.54, 1.807) is 0 Å². The Morgan fingerprint density at radius 1 is 1.09 bits per heavy atom. The molecule has 0 aromatic rings. The van der Waals surface area contributed by atoms with E-state index in [0.717, 1.165) is 25.7 Å². The summed E-state index contributed by atoms with van der Waals surface area (Å²) in [5.41, 5.74) is -0.00328. The van der Waals surface area contributed by atoms with E-state index in [4.69, 9.17) is 23.2 Å². The van der Waals surface area contributed by atoms with Crippen LogP contribution in [0, 0.1) is 10.8 Å². The van der Waals surface area contributed by atoms with Crippen molar-refractivity contribution in [1.82, 2.24) is 0 Å². The summed E-state index contributed by atoms with van der Waals surface area (Å²) < 4.78 is -1.01. The zero-order chi connectivity index (χ0) is 7.91. The molecule has 0 saturated heterocycles. The first-order valence-corrected chi connectivity index (χ1v) is 4.75. The number of ketones is 1. The quantitative estimate of drug-likeness (QED) is 0.537. The Kier molecular flexibility index (Phi) is 0.842. The third kappa shape index (κ3) is 0.431.